The fraction of sp³-hybridized carbons (Fsp3) is 0.389. The van der Waals surface area contributed by atoms with Crippen LogP contribution in [0.4, 0.5) is 10.6 Å². The summed E-state index contributed by atoms with van der Waals surface area (Å²) in [7, 11) is 0. The molecule has 0 bridgehead atoms. The number of anilines is 1. The number of aromatic nitrogens is 1. The molecule has 3 rings (SSSR count). The lowest BCUT2D eigenvalue weighted by atomic mass is 10.2. The molecule has 2 heterocycles. The predicted octanol–water partition coefficient (Wildman–Crippen LogP) is 2.79. The SMILES string of the molecule is CC(C)c1cc(NC(=O)N2CCN(C(=O)c3ccccc3)CC2)no1. The normalized spacial score (nSPS) is 14.7. The van der Waals surface area contributed by atoms with Crippen LogP contribution in [-0.4, -0.2) is 53.1 Å². The quantitative estimate of drug-likeness (QED) is 0.930. The number of nitrogens with zero attached hydrogens (tertiary/aromatic N) is 3. The summed E-state index contributed by atoms with van der Waals surface area (Å²) in [6.45, 7) is 5.98. The number of amides is 3. The predicted molar refractivity (Wildman–Crippen MR) is 93.5 cm³/mol. The summed E-state index contributed by atoms with van der Waals surface area (Å²) >= 11 is 0. The average Bonchev–Trinajstić information content (AvgIpc) is 3.11. The minimum absolute atomic E-state index is 0.00117. The molecule has 25 heavy (non-hydrogen) atoms. The van der Waals surface area contributed by atoms with E-state index in [4.69, 9.17) is 4.52 Å². The molecule has 0 aliphatic carbocycles. The van der Waals surface area contributed by atoms with Crippen LogP contribution in [0.1, 0.15) is 35.9 Å². The highest BCUT2D eigenvalue weighted by Crippen LogP contribution is 2.18. The Labute approximate surface area is 146 Å². The lowest BCUT2D eigenvalue weighted by Gasteiger charge is -2.34. The van der Waals surface area contributed by atoms with Crippen LogP contribution >= 0.6 is 0 Å². The molecule has 1 aliphatic rings. The highest BCUT2D eigenvalue weighted by molar-refractivity contribution is 5.94. The zero-order chi connectivity index (χ0) is 17.8. The Morgan fingerprint density at radius 3 is 2.32 bits per heavy atom. The topological polar surface area (TPSA) is 78.7 Å². The zero-order valence-corrected chi connectivity index (χ0v) is 14.4. The van der Waals surface area contributed by atoms with Gasteiger partial charge >= 0.3 is 6.03 Å². The third kappa shape index (κ3) is 3.99. The van der Waals surface area contributed by atoms with E-state index in [1.165, 1.54) is 0 Å². The van der Waals surface area contributed by atoms with Crippen molar-refractivity contribution in [2.75, 3.05) is 31.5 Å². The van der Waals surface area contributed by atoms with Crippen molar-refractivity contribution in [3.05, 3.63) is 47.7 Å². The number of urea groups is 1. The molecule has 1 aliphatic heterocycles. The summed E-state index contributed by atoms with van der Waals surface area (Å²) in [5.41, 5.74) is 0.671. The Bertz CT molecular complexity index is 734. The number of hydrogen-bond donors (Lipinski definition) is 1. The maximum Gasteiger partial charge on any atom is 0.323 e. The van der Waals surface area contributed by atoms with Crippen LogP contribution in [0.3, 0.4) is 0 Å². The van der Waals surface area contributed by atoms with Gasteiger partial charge in [-0.2, -0.15) is 0 Å². The summed E-state index contributed by atoms with van der Waals surface area (Å²) in [4.78, 5) is 28.2. The van der Waals surface area contributed by atoms with Crippen LogP contribution in [0.2, 0.25) is 0 Å². The second-order valence-corrected chi connectivity index (χ2v) is 6.34. The molecule has 0 unspecified atom stereocenters. The van der Waals surface area contributed by atoms with Gasteiger partial charge in [0.1, 0.15) is 5.76 Å². The third-order valence-electron chi connectivity index (χ3n) is 4.21. The molecule has 1 aromatic carbocycles. The molecule has 0 atom stereocenters. The lowest BCUT2D eigenvalue weighted by molar-refractivity contribution is 0.0671. The van der Waals surface area contributed by atoms with Crippen molar-refractivity contribution in [2.45, 2.75) is 19.8 Å². The minimum Gasteiger partial charge on any atom is -0.359 e. The lowest BCUT2D eigenvalue weighted by Crippen LogP contribution is -2.51. The van der Waals surface area contributed by atoms with Gasteiger partial charge in [-0.05, 0) is 12.1 Å². The van der Waals surface area contributed by atoms with Gasteiger partial charge < -0.3 is 14.3 Å². The second-order valence-electron chi connectivity index (χ2n) is 6.34. The molecule has 132 valence electrons. The van der Waals surface area contributed by atoms with Gasteiger partial charge in [0, 0.05) is 43.7 Å². The van der Waals surface area contributed by atoms with Crippen LogP contribution in [0, 0.1) is 0 Å². The van der Waals surface area contributed by atoms with Crippen molar-refractivity contribution >= 4 is 17.8 Å². The molecule has 3 amide bonds. The van der Waals surface area contributed by atoms with E-state index < -0.39 is 0 Å². The smallest absolute Gasteiger partial charge is 0.323 e. The summed E-state index contributed by atoms with van der Waals surface area (Å²) in [6, 6.07) is 10.7. The Morgan fingerprint density at radius 2 is 1.72 bits per heavy atom. The maximum atomic E-state index is 12.4. The van der Waals surface area contributed by atoms with E-state index in [2.05, 4.69) is 10.5 Å². The first-order valence-corrected chi connectivity index (χ1v) is 8.41. The highest BCUT2D eigenvalue weighted by Gasteiger charge is 2.25. The molecule has 1 aromatic heterocycles. The minimum atomic E-state index is -0.226. The Kier molecular flexibility index (Phi) is 5.02. The molecule has 0 spiro atoms. The Balaban J connectivity index is 1.53. The van der Waals surface area contributed by atoms with Gasteiger partial charge in [0.2, 0.25) is 0 Å². The van der Waals surface area contributed by atoms with E-state index in [9.17, 15) is 9.59 Å². The molecular formula is C18H22N4O3. The summed E-state index contributed by atoms with van der Waals surface area (Å²) in [6.07, 6.45) is 0. The van der Waals surface area contributed by atoms with Gasteiger partial charge in [-0.3, -0.25) is 10.1 Å². The molecule has 2 aromatic rings. The molecule has 1 fully saturated rings. The van der Waals surface area contributed by atoms with E-state index in [1.54, 1.807) is 28.0 Å². The van der Waals surface area contributed by atoms with Crippen LogP contribution in [0.15, 0.2) is 40.9 Å². The zero-order valence-electron chi connectivity index (χ0n) is 14.4. The molecule has 0 saturated carbocycles. The van der Waals surface area contributed by atoms with E-state index in [0.717, 1.165) is 5.76 Å². The molecule has 7 heteroatoms. The van der Waals surface area contributed by atoms with E-state index in [-0.39, 0.29) is 17.9 Å². The summed E-state index contributed by atoms with van der Waals surface area (Å²) in [5, 5.41) is 6.60. The van der Waals surface area contributed by atoms with Crippen molar-refractivity contribution in [1.82, 2.24) is 15.0 Å². The first-order chi connectivity index (χ1) is 12.0. The highest BCUT2D eigenvalue weighted by atomic mass is 16.5. The molecule has 1 saturated heterocycles. The average molecular weight is 342 g/mol. The number of nitrogens with one attached hydrogen (secondary N) is 1. The van der Waals surface area contributed by atoms with E-state index in [1.807, 2.05) is 32.0 Å². The van der Waals surface area contributed by atoms with E-state index >= 15 is 0 Å². The maximum absolute atomic E-state index is 12.4. The fourth-order valence-corrected chi connectivity index (χ4v) is 2.68. The number of benzene rings is 1. The van der Waals surface area contributed by atoms with Crippen molar-refractivity contribution in [3.63, 3.8) is 0 Å². The first kappa shape index (κ1) is 17.0. The van der Waals surface area contributed by atoms with Gasteiger partial charge in [-0.15, -0.1) is 0 Å². The van der Waals surface area contributed by atoms with Crippen molar-refractivity contribution in [3.8, 4) is 0 Å². The first-order valence-electron chi connectivity index (χ1n) is 8.41. The third-order valence-corrected chi connectivity index (χ3v) is 4.21. The van der Waals surface area contributed by atoms with Crippen LogP contribution in [0.25, 0.3) is 0 Å². The second kappa shape index (κ2) is 7.38. The number of carbonyl (C=O) groups excluding carboxylic acids is 2. The number of rotatable bonds is 3. The largest absolute Gasteiger partial charge is 0.359 e. The van der Waals surface area contributed by atoms with Crippen LogP contribution in [0.5, 0.6) is 0 Å². The number of carbonyl (C=O) groups is 2. The molecule has 0 radical (unpaired) electrons. The van der Waals surface area contributed by atoms with Gasteiger partial charge in [0.05, 0.1) is 0 Å². The van der Waals surface area contributed by atoms with Gasteiger partial charge in [-0.25, -0.2) is 4.79 Å². The Hall–Kier alpha value is -2.83. The number of hydrogen-bond acceptors (Lipinski definition) is 4. The van der Waals surface area contributed by atoms with Crippen molar-refractivity contribution < 1.29 is 14.1 Å². The van der Waals surface area contributed by atoms with Crippen molar-refractivity contribution in [2.24, 2.45) is 0 Å². The molecule has 1 N–H and O–H groups in total. The van der Waals surface area contributed by atoms with Gasteiger partial charge in [-0.1, -0.05) is 37.2 Å². The number of piperazine rings is 1. The van der Waals surface area contributed by atoms with Crippen LogP contribution < -0.4 is 5.32 Å². The monoisotopic (exact) mass is 342 g/mol. The molecule has 7 nitrogen and oxygen atoms in total. The van der Waals surface area contributed by atoms with E-state index in [0.29, 0.717) is 37.6 Å². The van der Waals surface area contributed by atoms with Crippen LogP contribution in [-0.2, 0) is 0 Å². The molecular weight excluding hydrogens is 320 g/mol. The van der Waals surface area contributed by atoms with Crippen molar-refractivity contribution in [1.29, 1.82) is 0 Å². The summed E-state index contributed by atoms with van der Waals surface area (Å²) in [5.74, 6) is 1.36. The van der Waals surface area contributed by atoms with Gasteiger partial charge in [0.25, 0.3) is 5.91 Å². The summed E-state index contributed by atoms with van der Waals surface area (Å²) < 4.78 is 5.18. The Morgan fingerprint density at radius 1 is 1.08 bits per heavy atom. The standard InChI is InChI=1S/C18H22N4O3/c1-13(2)15-12-16(20-25-15)19-18(24)22-10-8-21(9-11-22)17(23)14-6-4-3-5-7-14/h3-7,12-13H,8-11H2,1-2H3,(H,19,20,24). The fourth-order valence-electron chi connectivity index (χ4n) is 2.68. The van der Waals surface area contributed by atoms with Gasteiger partial charge in [0.15, 0.2) is 5.82 Å².